The van der Waals surface area contributed by atoms with Crippen LogP contribution in [-0.4, -0.2) is 77.8 Å². The molecule has 0 aliphatic carbocycles. The average molecular weight is 569 g/mol. The summed E-state index contributed by atoms with van der Waals surface area (Å²) < 4.78 is 18.2. The topological polar surface area (TPSA) is 94.2 Å². The van der Waals surface area contributed by atoms with Crippen LogP contribution in [-0.2, 0) is 23.2 Å². The summed E-state index contributed by atoms with van der Waals surface area (Å²) in [7, 11) is -4.11. The number of hydrogen-bond acceptors (Lipinski definition) is 6. The van der Waals surface area contributed by atoms with Gasteiger partial charge in [-0.1, -0.05) is 54.2 Å². The molecule has 2 heterocycles. The van der Waals surface area contributed by atoms with Crippen LogP contribution in [0.25, 0.3) is 0 Å². The molecule has 38 heavy (non-hydrogen) atoms. The van der Waals surface area contributed by atoms with Gasteiger partial charge < -0.3 is 23.8 Å². The molecule has 0 saturated carbocycles. The zero-order valence-corrected chi connectivity index (χ0v) is 27.6. The molecule has 8 nitrogen and oxygen atoms in total. The molecular formula is C28H52N2O6Si2. The van der Waals surface area contributed by atoms with Crippen molar-refractivity contribution in [2.24, 2.45) is 17.8 Å². The summed E-state index contributed by atoms with van der Waals surface area (Å²) in [4.78, 5) is 40.4. The summed E-state index contributed by atoms with van der Waals surface area (Å²) in [5.74, 6) is -0.867. The maximum absolute atomic E-state index is 13.7. The predicted molar refractivity (Wildman–Crippen MR) is 156 cm³/mol. The number of hydrogen-bond donors (Lipinski definition) is 1. The molecule has 2 amide bonds. The highest BCUT2D eigenvalue weighted by molar-refractivity contribution is 6.74. The van der Waals surface area contributed by atoms with Gasteiger partial charge >= 0.3 is 6.09 Å². The van der Waals surface area contributed by atoms with E-state index in [2.05, 4.69) is 79.6 Å². The normalized spacial score (nSPS) is 25.4. The zero-order valence-electron chi connectivity index (χ0n) is 25.6. The molecule has 2 aliphatic rings. The molecule has 0 aromatic carbocycles. The molecule has 2 fully saturated rings. The van der Waals surface area contributed by atoms with E-state index in [1.807, 2.05) is 6.92 Å². The Morgan fingerprint density at radius 3 is 2.16 bits per heavy atom. The quantitative estimate of drug-likeness (QED) is 0.205. The van der Waals surface area contributed by atoms with Crippen molar-refractivity contribution in [2.45, 2.75) is 103 Å². The minimum Gasteiger partial charge on any atom is -0.445 e. The Bertz CT molecular complexity index is 893. The van der Waals surface area contributed by atoms with Crippen LogP contribution in [0, 0.1) is 17.8 Å². The number of ketones is 1. The smallest absolute Gasteiger partial charge is 0.410 e. The van der Waals surface area contributed by atoms with Gasteiger partial charge in [-0.05, 0) is 43.2 Å². The first kappa shape index (κ1) is 32.7. The summed E-state index contributed by atoms with van der Waals surface area (Å²) in [6.45, 7) is 28.6. The van der Waals surface area contributed by atoms with Gasteiger partial charge in [-0.2, -0.15) is 0 Å². The van der Waals surface area contributed by atoms with E-state index in [9.17, 15) is 14.4 Å². The highest BCUT2D eigenvalue weighted by atomic mass is 28.4. The molecule has 0 bridgehead atoms. The number of likely N-dealkylation sites (tertiary alicyclic amines) is 1. The Labute approximate surface area is 232 Å². The van der Waals surface area contributed by atoms with Crippen molar-refractivity contribution < 1.29 is 28.0 Å². The third-order valence-electron chi connectivity index (χ3n) is 9.18. The van der Waals surface area contributed by atoms with Crippen molar-refractivity contribution in [3.63, 3.8) is 0 Å². The second kappa shape index (κ2) is 11.9. The van der Waals surface area contributed by atoms with Gasteiger partial charge in [0.25, 0.3) is 0 Å². The highest BCUT2D eigenvalue weighted by Gasteiger charge is 2.50. The van der Waals surface area contributed by atoms with E-state index in [-0.39, 0.29) is 64.7 Å². The summed E-state index contributed by atoms with van der Waals surface area (Å²) in [5, 5.41) is 3.01. The fourth-order valence-corrected chi connectivity index (χ4v) is 7.06. The van der Waals surface area contributed by atoms with E-state index in [4.69, 9.17) is 13.6 Å². The highest BCUT2D eigenvalue weighted by Crippen LogP contribution is 2.40. The number of carbonyl (C=O) groups excluding carboxylic acids is 3. The molecule has 5 atom stereocenters. The first-order valence-corrected chi connectivity index (χ1v) is 19.7. The largest absolute Gasteiger partial charge is 0.445 e. The monoisotopic (exact) mass is 568 g/mol. The molecule has 0 spiro atoms. The predicted octanol–water partition coefficient (Wildman–Crippen LogP) is 5.36. The van der Waals surface area contributed by atoms with Crippen molar-refractivity contribution in [3.8, 4) is 0 Å². The second-order valence-electron chi connectivity index (χ2n) is 14.1. The average Bonchev–Trinajstić information content (AvgIpc) is 3.18. The molecule has 5 unspecified atom stereocenters. The van der Waals surface area contributed by atoms with Crippen molar-refractivity contribution in [1.29, 1.82) is 0 Å². The number of Topliss-reactive ketones (excluding diaryl/α,β-unsaturated/α-hetero) is 1. The maximum Gasteiger partial charge on any atom is 0.410 e. The van der Waals surface area contributed by atoms with Crippen LogP contribution in [0.5, 0.6) is 0 Å². The molecule has 2 rings (SSSR count). The Balaban J connectivity index is 2.14. The summed E-state index contributed by atoms with van der Waals surface area (Å²) in [5.41, 5.74) is 0. The number of carbonyl (C=O) groups is 3. The Morgan fingerprint density at radius 2 is 1.66 bits per heavy atom. The van der Waals surface area contributed by atoms with E-state index in [1.165, 1.54) is 6.08 Å². The SMILES string of the molecule is C=CCOC(=O)N1CC(CO[Si](C)(C)C(C)(C)C)C(C(=O)CC2NC(=O)C2C(C)O[Si](C)(C)C(C)(C)C)C1. The molecule has 1 N–H and O–H groups in total. The zero-order chi connectivity index (χ0) is 29.3. The van der Waals surface area contributed by atoms with Gasteiger partial charge in [0.15, 0.2) is 16.6 Å². The van der Waals surface area contributed by atoms with Crippen LogP contribution in [0.4, 0.5) is 4.79 Å². The van der Waals surface area contributed by atoms with Crippen LogP contribution >= 0.6 is 0 Å². The number of rotatable bonds is 11. The van der Waals surface area contributed by atoms with Gasteiger partial charge in [-0.15, -0.1) is 0 Å². The summed E-state index contributed by atoms with van der Waals surface area (Å²) in [6.07, 6.45) is 1.04. The molecule has 0 aromatic rings. The van der Waals surface area contributed by atoms with Crippen LogP contribution in [0.2, 0.25) is 36.3 Å². The van der Waals surface area contributed by atoms with Crippen molar-refractivity contribution in [2.75, 3.05) is 26.3 Å². The molecule has 0 radical (unpaired) electrons. The standard InChI is InChI=1S/C28H52N2O6Si2/c1-13-14-34-26(33)30-16-20(18-35-37(9,10)27(3,4)5)21(17-30)23(31)15-22-24(25(32)29-22)19(2)36-38(11,12)28(6,7)8/h13,19-22,24H,1,14-18H2,2-12H3,(H,29,32). The minimum atomic E-state index is -2.07. The van der Waals surface area contributed by atoms with Gasteiger partial charge in [0, 0.05) is 44.0 Å². The number of ether oxygens (including phenoxy) is 1. The molecule has 0 aromatic heterocycles. The number of amides is 2. The first-order chi connectivity index (χ1) is 17.2. The number of nitrogens with one attached hydrogen (secondary N) is 1. The van der Waals surface area contributed by atoms with E-state index >= 15 is 0 Å². The Kier molecular flexibility index (Phi) is 10.3. The molecule has 218 valence electrons. The lowest BCUT2D eigenvalue weighted by Gasteiger charge is -2.45. The minimum absolute atomic E-state index is 0.0255. The van der Waals surface area contributed by atoms with Gasteiger partial charge in [-0.3, -0.25) is 9.59 Å². The first-order valence-electron chi connectivity index (χ1n) is 13.9. The Hall–Kier alpha value is -1.50. The van der Waals surface area contributed by atoms with Crippen molar-refractivity contribution in [3.05, 3.63) is 12.7 Å². The lowest BCUT2D eigenvalue weighted by atomic mass is 9.80. The van der Waals surface area contributed by atoms with Crippen LogP contribution in [0.15, 0.2) is 12.7 Å². The third kappa shape index (κ3) is 7.58. The van der Waals surface area contributed by atoms with Crippen LogP contribution in [0.1, 0.15) is 54.9 Å². The lowest BCUT2D eigenvalue weighted by Crippen LogP contribution is -2.64. The third-order valence-corrected chi connectivity index (χ3v) is 18.3. The van der Waals surface area contributed by atoms with E-state index in [0.29, 0.717) is 19.7 Å². The van der Waals surface area contributed by atoms with E-state index in [1.54, 1.807) is 4.90 Å². The molecular weight excluding hydrogens is 516 g/mol. The van der Waals surface area contributed by atoms with Gasteiger partial charge in [0.05, 0.1) is 12.0 Å². The number of nitrogens with zero attached hydrogens (tertiary/aromatic N) is 1. The fraction of sp³-hybridized carbons (Fsp3) is 0.821. The summed E-state index contributed by atoms with van der Waals surface area (Å²) >= 11 is 0. The van der Waals surface area contributed by atoms with Gasteiger partial charge in [0.2, 0.25) is 5.91 Å². The van der Waals surface area contributed by atoms with Crippen molar-refractivity contribution in [1.82, 2.24) is 10.2 Å². The fourth-order valence-electron chi connectivity index (χ4n) is 4.56. The van der Waals surface area contributed by atoms with Crippen LogP contribution in [0.3, 0.4) is 0 Å². The van der Waals surface area contributed by atoms with Gasteiger partial charge in [0.1, 0.15) is 12.4 Å². The van der Waals surface area contributed by atoms with Crippen molar-refractivity contribution >= 4 is 34.4 Å². The second-order valence-corrected chi connectivity index (χ2v) is 23.7. The van der Waals surface area contributed by atoms with Crippen LogP contribution < -0.4 is 5.32 Å². The van der Waals surface area contributed by atoms with Gasteiger partial charge in [-0.25, -0.2) is 4.79 Å². The molecule has 10 heteroatoms. The molecule has 2 aliphatic heterocycles. The molecule has 2 saturated heterocycles. The summed E-state index contributed by atoms with van der Waals surface area (Å²) in [6, 6.07) is -0.265. The van der Waals surface area contributed by atoms with E-state index in [0.717, 1.165) is 0 Å². The van der Waals surface area contributed by atoms with E-state index < -0.39 is 22.7 Å². The maximum atomic E-state index is 13.7. The number of β-lactam (4-membered cyclic amide) rings is 1. The lowest BCUT2D eigenvalue weighted by molar-refractivity contribution is -0.141. The Morgan fingerprint density at radius 1 is 1.08 bits per heavy atom.